The van der Waals surface area contributed by atoms with Crippen LogP contribution >= 0.6 is 11.3 Å². The number of rotatable bonds is 9. The van der Waals surface area contributed by atoms with E-state index in [-0.39, 0.29) is 18.0 Å². The first-order valence-electron chi connectivity index (χ1n) is 14.8. The van der Waals surface area contributed by atoms with E-state index >= 15 is 0 Å². The van der Waals surface area contributed by atoms with Crippen LogP contribution in [0.1, 0.15) is 49.7 Å². The molecule has 0 bridgehead atoms. The number of likely N-dealkylation sites (tertiary alicyclic amines) is 1. The van der Waals surface area contributed by atoms with Gasteiger partial charge < -0.3 is 10.1 Å². The fourth-order valence-corrected chi connectivity index (χ4v) is 7.29. The normalized spacial score (nSPS) is 18.8. The number of ether oxygens (including phenoxy) is 1. The highest BCUT2D eigenvalue weighted by molar-refractivity contribution is 7.22. The average molecular weight is 571 g/mol. The Morgan fingerprint density at radius 1 is 1.05 bits per heavy atom. The molecule has 0 radical (unpaired) electrons. The molecule has 1 saturated carbocycles. The summed E-state index contributed by atoms with van der Waals surface area (Å²) in [6.45, 7) is 5.57. The number of thiophene rings is 1. The van der Waals surface area contributed by atoms with Gasteiger partial charge in [0, 0.05) is 44.4 Å². The molecule has 8 heteroatoms. The van der Waals surface area contributed by atoms with E-state index in [1.54, 1.807) is 35.7 Å². The number of nitrogens with one attached hydrogen (secondary N) is 1. The SMILES string of the molecule is O=C(Cc1ccc(Oc2ccnc3cc(-c4ccc(CN5CCC6(CCNC6)CC5)cn4)sc23)c(F)c1)CC1CC1. The third-order valence-corrected chi connectivity index (χ3v) is 10.1. The minimum absolute atomic E-state index is 0.140. The minimum Gasteiger partial charge on any atom is -0.453 e. The summed E-state index contributed by atoms with van der Waals surface area (Å²) in [6.07, 6.45) is 10.7. The van der Waals surface area contributed by atoms with Gasteiger partial charge in [-0.15, -0.1) is 11.3 Å². The van der Waals surface area contributed by atoms with Gasteiger partial charge in [-0.1, -0.05) is 12.1 Å². The molecule has 41 heavy (non-hydrogen) atoms. The molecule has 2 saturated heterocycles. The number of hydrogen-bond acceptors (Lipinski definition) is 7. The summed E-state index contributed by atoms with van der Waals surface area (Å²) in [5, 5.41) is 3.54. The predicted octanol–water partition coefficient (Wildman–Crippen LogP) is 6.78. The number of Topliss-reactive ketones (excluding diaryl/α,β-unsaturated/α-hetero) is 1. The van der Waals surface area contributed by atoms with Crippen molar-refractivity contribution in [3.05, 3.63) is 71.8 Å². The fraction of sp³-hybridized carbons (Fsp3) is 0.424. The quantitative estimate of drug-likeness (QED) is 0.239. The molecule has 1 aliphatic carbocycles. The third kappa shape index (κ3) is 6.05. The number of piperidine rings is 1. The van der Waals surface area contributed by atoms with Crippen molar-refractivity contribution in [2.75, 3.05) is 26.2 Å². The zero-order valence-corrected chi connectivity index (χ0v) is 24.0. The van der Waals surface area contributed by atoms with Crippen molar-refractivity contribution in [3.63, 3.8) is 0 Å². The number of carbonyl (C=O) groups is 1. The second-order valence-electron chi connectivity index (χ2n) is 12.1. The van der Waals surface area contributed by atoms with Crippen LogP contribution in [-0.4, -0.2) is 46.8 Å². The first-order valence-corrected chi connectivity index (χ1v) is 15.6. The van der Waals surface area contributed by atoms with Gasteiger partial charge in [-0.25, -0.2) is 4.39 Å². The van der Waals surface area contributed by atoms with Gasteiger partial charge in [-0.3, -0.25) is 19.7 Å². The minimum atomic E-state index is -0.468. The largest absolute Gasteiger partial charge is 0.453 e. The summed E-state index contributed by atoms with van der Waals surface area (Å²) in [6, 6.07) is 12.8. The summed E-state index contributed by atoms with van der Waals surface area (Å²) < 4.78 is 21.8. The Bertz CT molecular complexity index is 1550. The molecular formula is C33H35FN4O2S. The number of hydrogen-bond donors (Lipinski definition) is 1. The Kier molecular flexibility index (Phi) is 7.31. The van der Waals surface area contributed by atoms with Crippen LogP contribution in [0.2, 0.25) is 0 Å². The fourth-order valence-electron chi connectivity index (χ4n) is 6.25. The van der Waals surface area contributed by atoms with Crippen molar-refractivity contribution in [3.8, 4) is 22.1 Å². The highest BCUT2D eigenvalue weighted by atomic mass is 32.1. The zero-order chi connectivity index (χ0) is 27.8. The lowest BCUT2D eigenvalue weighted by Gasteiger charge is -2.38. The van der Waals surface area contributed by atoms with Gasteiger partial charge in [0.2, 0.25) is 0 Å². The number of aromatic nitrogens is 2. The Morgan fingerprint density at radius 2 is 1.90 bits per heavy atom. The van der Waals surface area contributed by atoms with Crippen LogP contribution in [0, 0.1) is 17.2 Å². The first-order chi connectivity index (χ1) is 20.0. The zero-order valence-electron chi connectivity index (χ0n) is 23.2. The molecule has 1 aromatic carbocycles. The van der Waals surface area contributed by atoms with E-state index in [0.717, 1.165) is 53.3 Å². The van der Waals surface area contributed by atoms with Crippen molar-refractivity contribution in [1.82, 2.24) is 20.2 Å². The molecule has 4 aromatic rings. The van der Waals surface area contributed by atoms with E-state index in [2.05, 4.69) is 27.3 Å². The summed E-state index contributed by atoms with van der Waals surface area (Å²) in [5.41, 5.74) is 4.12. The lowest BCUT2D eigenvalue weighted by molar-refractivity contribution is -0.118. The first kappa shape index (κ1) is 26.7. The van der Waals surface area contributed by atoms with Gasteiger partial charge in [0.1, 0.15) is 11.5 Å². The number of benzene rings is 1. The van der Waals surface area contributed by atoms with E-state index in [1.165, 1.54) is 44.0 Å². The molecule has 3 fully saturated rings. The monoisotopic (exact) mass is 570 g/mol. The molecular weight excluding hydrogens is 535 g/mol. The van der Waals surface area contributed by atoms with Gasteiger partial charge in [0.25, 0.3) is 0 Å². The van der Waals surface area contributed by atoms with E-state index < -0.39 is 5.82 Å². The molecule has 0 unspecified atom stereocenters. The van der Waals surface area contributed by atoms with Crippen molar-refractivity contribution in [2.24, 2.45) is 11.3 Å². The maximum Gasteiger partial charge on any atom is 0.166 e. The smallest absolute Gasteiger partial charge is 0.166 e. The van der Waals surface area contributed by atoms with E-state index in [9.17, 15) is 9.18 Å². The van der Waals surface area contributed by atoms with Crippen LogP contribution in [0.15, 0.2) is 54.9 Å². The lowest BCUT2D eigenvalue weighted by atomic mass is 9.78. The van der Waals surface area contributed by atoms with Crippen molar-refractivity contribution in [1.29, 1.82) is 0 Å². The summed E-state index contributed by atoms with van der Waals surface area (Å²) in [5.74, 6) is 0.936. The van der Waals surface area contributed by atoms with Crippen LogP contribution in [0.25, 0.3) is 20.8 Å². The van der Waals surface area contributed by atoms with Crippen molar-refractivity contribution in [2.45, 2.75) is 51.5 Å². The van der Waals surface area contributed by atoms with Crippen LogP contribution in [0.3, 0.4) is 0 Å². The van der Waals surface area contributed by atoms with Crippen molar-refractivity contribution >= 4 is 27.3 Å². The number of fused-ring (bicyclic) bond motifs is 1. The molecule has 0 atom stereocenters. The van der Waals surface area contributed by atoms with Gasteiger partial charge >= 0.3 is 0 Å². The Labute approximate surface area is 244 Å². The second-order valence-corrected chi connectivity index (χ2v) is 13.2. The van der Waals surface area contributed by atoms with Crippen LogP contribution in [0.5, 0.6) is 11.5 Å². The highest BCUT2D eigenvalue weighted by Crippen LogP contribution is 2.40. The van der Waals surface area contributed by atoms with E-state index in [4.69, 9.17) is 9.72 Å². The summed E-state index contributed by atoms with van der Waals surface area (Å²) in [7, 11) is 0. The third-order valence-electron chi connectivity index (χ3n) is 8.94. The number of carbonyl (C=O) groups excluding carboxylic acids is 1. The topological polar surface area (TPSA) is 67.3 Å². The molecule has 1 spiro atoms. The molecule has 3 aromatic heterocycles. The number of ketones is 1. The Balaban J connectivity index is 1.02. The predicted molar refractivity (Wildman–Crippen MR) is 160 cm³/mol. The van der Waals surface area contributed by atoms with Crippen LogP contribution < -0.4 is 10.1 Å². The number of pyridine rings is 2. The van der Waals surface area contributed by atoms with Crippen LogP contribution in [-0.2, 0) is 17.8 Å². The van der Waals surface area contributed by atoms with Gasteiger partial charge in [-0.05, 0) is 98.5 Å². The molecule has 212 valence electrons. The molecule has 1 N–H and O–H groups in total. The number of nitrogens with zero attached hydrogens (tertiary/aromatic N) is 3. The van der Waals surface area contributed by atoms with Gasteiger partial charge in [0.05, 0.1) is 20.8 Å². The Hall–Kier alpha value is -3.20. The standard InChI is InChI=1S/C33H35FN4O2S/c34-26-17-23(16-25(39)15-22-1-2-22)4-6-29(26)40-30-7-11-36-28-18-31(41-32(28)30)27-5-3-24(19-37-27)20-38-13-9-33(10-14-38)8-12-35-21-33/h3-7,11,17-19,22,35H,1-2,8-10,12-16,20-21H2. The molecule has 0 amide bonds. The summed E-state index contributed by atoms with van der Waals surface area (Å²) >= 11 is 1.54. The molecule has 7 rings (SSSR count). The number of halogens is 1. The van der Waals surface area contributed by atoms with E-state index in [0.29, 0.717) is 29.1 Å². The summed E-state index contributed by atoms with van der Waals surface area (Å²) in [4.78, 5) is 25.0. The van der Waals surface area contributed by atoms with Gasteiger partial charge in [-0.2, -0.15) is 0 Å². The highest BCUT2D eigenvalue weighted by Gasteiger charge is 2.36. The molecule has 6 nitrogen and oxygen atoms in total. The lowest BCUT2D eigenvalue weighted by Crippen LogP contribution is -2.40. The average Bonchev–Trinajstić information content (AvgIpc) is 3.48. The Morgan fingerprint density at radius 3 is 2.63 bits per heavy atom. The molecule has 3 aliphatic rings. The van der Waals surface area contributed by atoms with Gasteiger partial charge in [0.15, 0.2) is 11.6 Å². The van der Waals surface area contributed by atoms with Crippen molar-refractivity contribution < 1.29 is 13.9 Å². The second kappa shape index (κ2) is 11.2. The van der Waals surface area contributed by atoms with E-state index in [1.807, 2.05) is 12.3 Å². The molecule has 2 aliphatic heterocycles. The van der Waals surface area contributed by atoms with Crippen LogP contribution in [0.4, 0.5) is 4.39 Å². The maximum absolute atomic E-state index is 14.9. The molecule has 5 heterocycles. The maximum atomic E-state index is 14.9.